The molecule has 1 atom stereocenters. The predicted octanol–water partition coefficient (Wildman–Crippen LogP) is 2.32. The van der Waals surface area contributed by atoms with E-state index in [9.17, 15) is 9.90 Å². The molecule has 0 heterocycles. The minimum Gasteiger partial charge on any atom is -0.508 e. The average molecular weight is 250 g/mol. The fourth-order valence-corrected chi connectivity index (χ4v) is 1.79. The molecule has 0 radical (unpaired) electrons. The Bertz CT molecular complexity index is 426. The van der Waals surface area contributed by atoms with Crippen LogP contribution in [-0.4, -0.2) is 17.6 Å². The van der Waals surface area contributed by atoms with E-state index in [1.807, 2.05) is 13.8 Å². The SMILES string of the molecule is CCC(CN)CC(=O)Nc1cc(C)c(O)cc1C. The summed E-state index contributed by atoms with van der Waals surface area (Å²) in [6, 6.07) is 3.44. The number of aryl methyl sites for hydroxylation is 2. The molecule has 0 fully saturated rings. The number of amides is 1. The van der Waals surface area contributed by atoms with Gasteiger partial charge in [-0.1, -0.05) is 13.3 Å². The summed E-state index contributed by atoms with van der Waals surface area (Å²) in [4.78, 5) is 11.9. The molecule has 0 bridgehead atoms. The second-order valence-corrected chi connectivity index (χ2v) is 4.72. The van der Waals surface area contributed by atoms with Gasteiger partial charge in [0.25, 0.3) is 0 Å². The van der Waals surface area contributed by atoms with Gasteiger partial charge in [-0.3, -0.25) is 4.79 Å². The third kappa shape index (κ3) is 3.74. The predicted molar refractivity (Wildman–Crippen MR) is 73.7 cm³/mol. The molecular formula is C14H22N2O2. The van der Waals surface area contributed by atoms with Crippen molar-refractivity contribution in [1.29, 1.82) is 0 Å². The molecule has 0 aliphatic carbocycles. The lowest BCUT2D eigenvalue weighted by molar-refractivity contribution is -0.117. The molecule has 1 unspecified atom stereocenters. The third-order valence-electron chi connectivity index (χ3n) is 3.20. The number of nitrogens with two attached hydrogens (primary N) is 1. The Morgan fingerprint density at radius 3 is 2.61 bits per heavy atom. The van der Waals surface area contributed by atoms with E-state index in [0.29, 0.717) is 13.0 Å². The first kappa shape index (κ1) is 14.5. The number of anilines is 1. The van der Waals surface area contributed by atoms with Crippen LogP contribution in [-0.2, 0) is 4.79 Å². The van der Waals surface area contributed by atoms with Gasteiger partial charge in [-0.15, -0.1) is 0 Å². The minimum absolute atomic E-state index is 0.0273. The van der Waals surface area contributed by atoms with Crippen LogP contribution in [0.15, 0.2) is 12.1 Å². The van der Waals surface area contributed by atoms with E-state index in [0.717, 1.165) is 23.2 Å². The molecule has 1 aromatic rings. The number of nitrogens with one attached hydrogen (secondary N) is 1. The van der Waals surface area contributed by atoms with Gasteiger partial charge in [0.1, 0.15) is 5.75 Å². The molecule has 0 saturated carbocycles. The van der Waals surface area contributed by atoms with Crippen molar-refractivity contribution in [3.8, 4) is 5.75 Å². The van der Waals surface area contributed by atoms with Crippen LogP contribution < -0.4 is 11.1 Å². The summed E-state index contributed by atoms with van der Waals surface area (Å²) < 4.78 is 0. The van der Waals surface area contributed by atoms with Crippen LogP contribution in [0.2, 0.25) is 0 Å². The number of rotatable bonds is 5. The summed E-state index contributed by atoms with van der Waals surface area (Å²) in [6.45, 7) is 6.21. The van der Waals surface area contributed by atoms with Crippen LogP contribution >= 0.6 is 0 Å². The molecule has 1 aromatic carbocycles. The molecule has 4 nitrogen and oxygen atoms in total. The maximum atomic E-state index is 11.9. The van der Waals surface area contributed by atoms with Crippen molar-refractivity contribution in [3.63, 3.8) is 0 Å². The average Bonchev–Trinajstić information content (AvgIpc) is 2.33. The number of phenols is 1. The van der Waals surface area contributed by atoms with Crippen molar-refractivity contribution < 1.29 is 9.90 Å². The first-order valence-electron chi connectivity index (χ1n) is 6.28. The largest absolute Gasteiger partial charge is 0.508 e. The number of phenolic OH excluding ortho intramolecular Hbond substituents is 1. The molecule has 0 spiro atoms. The molecule has 4 heteroatoms. The Morgan fingerprint density at radius 1 is 1.39 bits per heavy atom. The van der Waals surface area contributed by atoms with Gasteiger partial charge in [0.05, 0.1) is 0 Å². The topological polar surface area (TPSA) is 75.4 Å². The fraction of sp³-hybridized carbons (Fsp3) is 0.500. The first-order chi connectivity index (χ1) is 8.47. The van der Waals surface area contributed by atoms with Crippen LogP contribution in [0, 0.1) is 19.8 Å². The van der Waals surface area contributed by atoms with Crippen molar-refractivity contribution in [2.45, 2.75) is 33.6 Å². The van der Waals surface area contributed by atoms with Crippen molar-refractivity contribution in [3.05, 3.63) is 23.3 Å². The highest BCUT2D eigenvalue weighted by molar-refractivity contribution is 5.91. The van der Waals surface area contributed by atoms with Gasteiger partial charge in [0, 0.05) is 12.1 Å². The minimum atomic E-state index is -0.0273. The van der Waals surface area contributed by atoms with Crippen LogP contribution in [0.25, 0.3) is 0 Å². The second kappa shape index (κ2) is 6.40. The number of carbonyl (C=O) groups excluding carboxylic acids is 1. The van der Waals surface area contributed by atoms with E-state index in [1.54, 1.807) is 19.1 Å². The van der Waals surface area contributed by atoms with Gasteiger partial charge in [-0.2, -0.15) is 0 Å². The Labute approximate surface area is 108 Å². The Hall–Kier alpha value is -1.55. The van der Waals surface area contributed by atoms with Crippen molar-refractivity contribution in [2.75, 3.05) is 11.9 Å². The maximum Gasteiger partial charge on any atom is 0.224 e. The second-order valence-electron chi connectivity index (χ2n) is 4.72. The van der Waals surface area contributed by atoms with Crippen molar-refractivity contribution >= 4 is 11.6 Å². The number of hydrogen-bond donors (Lipinski definition) is 3. The zero-order valence-electron chi connectivity index (χ0n) is 11.3. The van der Waals surface area contributed by atoms with Crippen LogP contribution in [0.1, 0.15) is 30.9 Å². The normalized spacial score (nSPS) is 12.2. The van der Waals surface area contributed by atoms with Gasteiger partial charge in [0.2, 0.25) is 5.91 Å². The van der Waals surface area contributed by atoms with Crippen LogP contribution in [0.5, 0.6) is 5.75 Å². The molecule has 1 rings (SSSR count). The molecule has 4 N–H and O–H groups in total. The van der Waals surface area contributed by atoms with E-state index in [4.69, 9.17) is 5.73 Å². The molecule has 1 amide bonds. The zero-order chi connectivity index (χ0) is 13.7. The Kier molecular flexibility index (Phi) is 5.16. The summed E-state index contributed by atoms with van der Waals surface area (Å²) in [6.07, 6.45) is 1.34. The number of aromatic hydroxyl groups is 1. The van der Waals surface area contributed by atoms with Crippen LogP contribution in [0.4, 0.5) is 5.69 Å². The summed E-state index contributed by atoms with van der Waals surface area (Å²) in [7, 11) is 0. The summed E-state index contributed by atoms with van der Waals surface area (Å²) in [5, 5.41) is 12.4. The molecule has 18 heavy (non-hydrogen) atoms. The molecule has 0 aliphatic rings. The Balaban J connectivity index is 2.73. The van der Waals surface area contributed by atoms with Gasteiger partial charge in [-0.05, 0) is 49.6 Å². The molecular weight excluding hydrogens is 228 g/mol. The molecule has 0 saturated heterocycles. The third-order valence-corrected chi connectivity index (χ3v) is 3.20. The highest BCUT2D eigenvalue weighted by atomic mass is 16.3. The smallest absolute Gasteiger partial charge is 0.224 e. The van der Waals surface area contributed by atoms with E-state index >= 15 is 0 Å². The molecule has 0 aromatic heterocycles. The van der Waals surface area contributed by atoms with E-state index < -0.39 is 0 Å². The number of benzene rings is 1. The first-order valence-corrected chi connectivity index (χ1v) is 6.28. The molecule has 0 aliphatic heterocycles. The van der Waals surface area contributed by atoms with Crippen LogP contribution in [0.3, 0.4) is 0 Å². The number of hydrogen-bond acceptors (Lipinski definition) is 3. The lowest BCUT2D eigenvalue weighted by Crippen LogP contribution is -2.22. The van der Waals surface area contributed by atoms with E-state index in [1.165, 1.54) is 0 Å². The molecule has 100 valence electrons. The lowest BCUT2D eigenvalue weighted by atomic mass is 10.0. The standard InChI is InChI=1S/C14H22N2O2/c1-4-11(8-15)7-14(18)16-12-5-10(3)13(17)6-9(12)2/h5-6,11,17H,4,7-8,15H2,1-3H3,(H,16,18). The summed E-state index contributed by atoms with van der Waals surface area (Å²) in [5.41, 5.74) is 7.94. The van der Waals surface area contributed by atoms with Crippen molar-refractivity contribution in [2.24, 2.45) is 11.7 Å². The van der Waals surface area contributed by atoms with E-state index in [-0.39, 0.29) is 17.6 Å². The van der Waals surface area contributed by atoms with Gasteiger partial charge in [0.15, 0.2) is 0 Å². The van der Waals surface area contributed by atoms with Crippen molar-refractivity contribution in [1.82, 2.24) is 0 Å². The maximum absolute atomic E-state index is 11.9. The monoisotopic (exact) mass is 250 g/mol. The van der Waals surface area contributed by atoms with Gasteiger partial charge in [-0.25, -0.2) is 0 Å². The lowest BCUT2D eigenvalue weighted by Gasteiger charge is -2.14. The quantitative estimate of drug-likeness (QED) is 0.702. The van der Waals surface area contributed by atoms with E-state index in [2.05, 4.69) is 5.32 Å². The number of carbonyl (C=O) groups is 1. The highest BCUT2D eigenvalue weighted by Crippen LogP contribution is 2.25. The summed E-state index contributed by atoms with van der Waals surface area (Å²) in [5.74, 6) is 0.447. The van der Waals surface area contributed by atoms with Gasteiger partial charge < -0.3 is 16.2 Å². The van der Waals surface area contributed by atoms with Gasteiger partial charge >= 0.3 is 0 Å². The fourth-order valence-electron chi connectivity index (χ4n) is 1.79. The Morgan fingerprint density at radius 2 is 2.06 bits per heavy atom. The summed E-state index contributed by atoms with van der Waals surface area (Å²) >= 11 is 0. The zero-order valence-corrected chi connectivity index (χ0v) is 11.3. The highest BCUT2D eigenvalue weighted by Gasteiger charge is 2.12.